The highest BCUT2D eigenvalue weighted by molar-refractivity contribution is 8.04. The van der Waals surface area contributed by atoms with E-state index in [1.165, 1.54) is 11.8 Å². The van der Waals surface area contributed by atoms with Gasteiger partial charge in [-0.2, -0.15) is 0 Å². The second kappa shape index (κ2) is 8.82. The Balaban J connectivity index is 2.02. The Morgan fingerprint density at radius 3 is 2.46 bits per heavy atom. The quantitative estimate of drug-likeness (QED) is 0.686. The molecule has 0 fully saturated rings. The van der Waals surface area contributed by atoms with Crippen LogP contribution in [0.2, 0.25) is 5.02 Å². The highest BCUT2D eigenvalue weighted by atomic mass is 35.5. The molecule has 0 spiro atoms. The second-order valence-corrected chi connectivity index (χ2v) is 7.93. The van der Waals surface area contributed by atoms with Crippen LogP contribution in [-0.4, -0.2) is 35.4 Å². The maximum atomic E-state index is 13.2. The number of aliphatic hydroxyl groups is 1. The fourth-order valence-corrected chi connectivity index (χ4v) is 3.85. The van der Waals surface area contributed by atoms with Crippen molar-refractivity contribution in [3.8, 4) is 5.75 Å². The van der Waals surface area contributed by atoms with E-state index in [0.717, 1.165) is 4.90 Å². The zero-order chi connectivity index (χ0) is 20.3. The van der Waals surface area contributed by atoms with Crippen LogP contribution >= 0.6 is 23.4 Å². The Morgan fingerprint density at radius 1 is 1.11 bits per heavy atom. The molecule has 5 nitrogen and oxygen atoms in total. The van der Waals surface area contributed by atoms with E-state index >= 15 is 0 Å². The molecule has 1 N–H and O–H groups in total. The molecule has 1 aliphatic rings. The third kappa shape index (κ3) is 4.24. The summed E-state index contributed by atoms with van der Waals surface area (Å²) < 4.78 is 5.69. The SMILES string of the molecule is CC(C)Oc1cccc(N2C(=O)C(SCCO)=C(c3ccc(Cl)cc3)C2=O)c1. The first-order valence-electron chi connectivity index (χ1n) is 8.81. The largest absolute Gasteiger partial charge is 0.491 e. The molecule has 7 heteroatoms. The number of imide groups is 1. The van der Waals surface area contributed by atoms with Gasteiger partial charge < -0.3 is 9.84 Å². The van der Waals surface area contributed by atoms with Gasteiger partial charge in [-0.25, -0.2) is 4.90 Å². The standard InChI is InChI=1S/C21H20ClNO4S/c1-13(2)27-17-5-3-4-16(12-17)23-20(25)18(14-6-8-15(22)9-7-14)19(21(23)26)28-11-10-24/h3-9,12-13,24H,10-11H2,1-2H3. The monoisotopic (exact) mass is 417 g/mol. The normalized spacial score (nSPS) is 14.4. The number of carbonyl (C=O) groups excluding carboxylic acids is 2. The molecule has 1 aliphatic heterocycles. The molecule has 3 rings (SSSR count). The van der Waals surface area contributed by atoms with Crippen molar-refractivity contribution in [1.29, 1.82) is 0 Å². The zero-order valence-electron chi connectivity index (χ0n) is 15.5. The molecule has 2 aromatic carbocycles. The first-order valence-corrected chi connectivity index (χ1v) is 10.2. The van der Waals surface area contributed by atoms with Gasteiger partial charge in [0.15, 0.2) is 0 Å². The number of nitrogens with zero attached hydrogens (tertiary/aromatic N) is 1. The van der Waals surface area contributed by atoms with E-state index in [0.29, 0.717) is 38.3 Å². The first kappa shape index (κ1) is 20.5. The van der Waals surface area contributed by atoms with Crippen LogP contribution in [0.15, 0.2) is 53.4 Å². The molecule has 0 atom stereocenters. The molecule has 0 aliphatic carbocycles. The maximum Gasteiger partial charge on any atom is 0.272 e. The van der Waals surface area contributed by atoms with Gasteiger partial charge in [0.05, 0.1) is 28.9 Å². The van der Waals surface area contributed by atoms with E-state index < -0.39 is 11.8 Å². The van der Waals surface area contributed by atoms with Crippen molar-refractivity contribution >= 4 is 46.4 Å². The van der Waals surface area contributed by atoms with Gasteiger partial charge in [0, 0.05) is 16.8 Å². The van der Waals surface area contributed by atoms with E-state index in [4.69, 9.17) is 16.3 Å². The number of halogens is 1. The molecule has 28 heavy (non-hydrogen) atoms. The van der Waals surface area contributed by atoms with Crippen LogP contribution in [0, 0.1) is 0 Å². The summed E-state index contributed by atoms with van der Waals surface area (Å²) in [5.41, 5.74) is 1.37. The van der Waals surface area contributed by atoms with Gasteiger partial charge in [-0.1, -0.05) is 29.8 Å². The van der Waals surface area contributed by atoms with E-state index in [9.17, 15) is 14.7 Å². The number of aliphatic hydroxyl groups excluding tert-OH is 1. The minimum Gasteiger partial charge on any atom is -0.491 e. The summed E-state index contributed by atoms with van der Waals surface area (Å²) in [6.07, 6.45) is -0.0290. The lowest BCUT2D eigenvalue weighted by molar-refractivity contribution is -0.119. The Labute approximate surface area is 172 Å². The highest BCUT2D eigenvalue weighted by Crippen LogP contribution is 2.39. The Kier molecular flexibility index (Phi) is 6.44. The Morgan fingerprint density at radius 2 is 1.82 bits per heavy atom. The highest BCUT2D eigenvalue weighted by Gasteiger charge is 2.40. The molecule has 0 saturated heterocycles. The third-order valence-corrected chi connectivity index (χ3v) is 5.27. The van der Waals surface area contributed by atoms with Crippen molar-refractivity contribution in [3.05, 3.63) is 64.0 Å². The summed E-state index contributed by atoms with van der Waals surface area (Å²) in [4.78, 5) is 27.8. The number of thioether (sulfide) groups is 1. The lowest BCUT2D eigenvalue weighted by atomic mass is 10.1. The Hall–Kier alpha value is -2.28. The minimum atomic E-state index is -0.408. The molecule has 0 saturated carbocycles. The maximum absolute atomic E-state index is 13.2. The molecule has 0 radical (unpaired) electrons. The van der Waals surface area contributed by atoms with Crippen LogP contribution in [0.25, 0.3) is 5.57 Å². The van der Waals surface area contributed by atoms with Crippen molar-refractivity contribution in [3.63, 3.8) is 0 Å². The smallest absolute Gasteiger partial charge is 0.272 e. The fraction of sp³-hybridized carbons (Fsp3) is 0.238. The average Bonchev–Trinajstić information content (AvgIpc) is 2.90. The van der Waals surface area contributed by atoms with Gasteiger partial charge in [-0.05, 0) is 43.7 Å². The molecule has 2 amide bonds. The summed E-state index contributed by atoms with van der Waals surface area (Å²) in [5, 5.41) is 9.73. The molecule has 0 bridgehead atoms. The summed E-state index contributed by atoms with van der Waals surface area (Å²) in [6.45, 7) is 3.71. The zero-order valence-corrected chi connectivity index (χ0v) is 17.1. The number of hydrogen-bond acceptors (Lipinski definition) is 5. The molecular weight excluding hydrogens is 398 g/mol. The van der Waals surface area contributed by atoms with Gasteiger partial charge in [-0.15, -0.1) is 11.8 Å². The van der Waals surface area contributed by atoms with Crippen LogP contribution in [-0.2, 0) is 9.59 Å². The predicted molar refractivity (Wildman–Crippen MR) is 113 cm³/mol. The van der Waals surface area contributed by atoms with Gasteiger partial charge in [0.25, 0.3) is 11.8 Å². The topological polar surface area (TPSA) is 66.8 Å². The summed E-state index contributed by atoms with van der Waals surface area (Å²) in [6, 6.07) is 13.7. The molecule has 1 heterocycles. The molecule has 0 aromatic heterocycles. The van der Waals surface area contributed by atoms with Gasteiger partial charge >= 0.3 is 0 Å². The van der Waals surface area contributed by atoms with Crippen molar-refractivity contribution < 1.29 is 19.4 Å². The average molecular weight is 418 g/mol. The molecule has 146 valence electrons. The van der Waals surface area contributed by atoms with E-state index in [1.54, 1.807) is 48.5 Å². The fourth-order valence-electron chi connectivity index (χ4n) is 2.86. The van der Waals surface area contributed by atoms with Gasteiger partial charge in [0.2, 0.25) is 0 Å². The third-order valence-electron chi connectivity index (χ3n) is 3.96. The number of benzene rings is 2. The van der Waals surface area contributed by atoms with E-state index in [-0.39, 0.29) is 12.7 Å². The number of hydrogen-bond donors (Lipinski definition) is 1. The minimum absolute atomic E-state index is 0.0290. The van der Waals surface area contributed by atoms with Gasteiger partial charge in [-0.3, -0.25) is 9.59 Å². The van der Waals surface area contributed by atoms with Crippen LogP contribution < -0.4 is 9.64 Å². The molecule has 2 aromatic rings. The second-order valence-electron chi connectivity index (χ2n) is 6.39. The molecule has 0 unspecified atom stereocenters. The number of anilines is 1. The van der Waals surface area contributed by atoms with Crippen LogP contribution in [0.4, 0.5) is 5.69 Å². The number of carbonyl (C=O) groups is 2. The van der Waals surface area contributed by atoms with Crippen molar-refractivity contribution in [1.82, 2.24) is 0 Å². The van der Waals surface area contributed by atoms with E-state index in [1.807, 2.05) is 13.8 Å². The first-order chi connectivity index (χ1) is 13.4. The van der Waals surface area contributed by atoms with Crippen LogP contribution in [0.3, 0.4) is 0 Å². The Bertz CT molecular complexity index is 924. The van der Waals surface area contributed by atoms with Crippen LogP contribution in [0.5, 0.6) is 5.75 Å². The summed E-state index contributed by atoms with van der Waals surface area (Å²) in [5.74, 6) is 0.0812. The van der Waals surface area contributed by atoms with E-state index in [2.05, 4.69) is 0 Å². The summed E-state index contributed by atoms with van der Waals surface area (Å²) in [7, 11) is 0. The number of amides is 2. The van der Waals surface area contributed by atoms with Crippen molar-refractivity contribution in [2.45, 2.75) is 20.0 Å². The number of rotatable bonds is 7. The lowest BCUT2D eigenvalue weighted by Crippen LogP contribution is -2.31. The lowest BCUT2D eigenvalue weighted by Gasteiger charge is -2.17. The summed E-state index contributed by atoms with van der Waals surface area (Å²) >= 11 is 7.13. The van der Waals surface area contributed by atoms with Gasteiger partial charge in [0.1, 0.15) is 5.75 Å². The predicted octanol–water partition coefficient (Wildman–Crippen LogP) is 4.14. The number of ether oxygens (including phenoxy) is 1. The molecular formula is C21H20ClNO4S. The van der Waals surface area contributed by atoms with Crippen molar-refractivity contribution in [2.24, 2.45) is 0 Å². The van der Waals surface area contributed by atoms with Crippen LogP contribution in [0.1, 0.15) is 19.4 Å². The van der Waals surface area contributed by atoms with Crippen molar-refractivity contribution in [2.75, 3.05) is 17.3 Å².